The molecule has 0 atom stereocenters. The standard InChI is InChI=1S/C22H18O2.C2H6/c1-23-15-24-21-13-7-6-12-20(21)22-18-10-4-2-8-16(18)14-17-9-3-5-11-19(17)22;1-2/h2-14H,15H2,1H3;1-2H3. The van der Waals surface area contributed by atoms with Crippen LogP contribution in [0.1, 0.15) is 13.8 Å². The van der Waals surface area contributed by atoms with Gasteiger partial charge >= 0.3 is 0 Å². The topological polar surface area (TPSA) is 18.5 Å². The maximum absolute atomic E-state index is 5.82. The quantitative estimate of drug-likeness (QED) is 0.304. The molecule has 0 saturated heterocycles. The third-order valence-corrected chi connectivity index (χ3v) is 4.26. The van der Waals surface area contributed by atoms with E-state index in [-0.39, 0.29) is 6.79 Å². The van der Waals surface area contributed by atoms with E-state index in [2.05, 4.69) is 60.7 Å². The number of ether oxygens (including phenoxy) is 2. The number of benzene rings is 4. The van der Waals surface area contributed by atoms with Crippen molar-refractivity contribution < 1.29 is 9.47 Å². The lowest BCUT2D eigenvalue weighted by molar-refractivity contribution is 0.0515. The summed E-state index contributed by atoms with van der Waals surface area (Å²) in [6.07, 6.45) is 0. The van der Waals surface area contributed by atoms with Gasteiger partial charge < -0.3 is 9.47 Å². The van der Waals surface area contributed by atoms with Crippen LogP contribution in [0, 0.1) is 0 Å². The molecule has 26 heavy (non-hydrogen) atoms. The molecule has 4 rings (SSSR count). The van der Waals surface area contributed by atoms with Crippen LogP contribution < -0.4 is 4.74 Å². The smallest absolute Gasteiger partial charge is 0.188 e. The molecule has 0 unspecified atom stereocenters. The first-order chi connectivity index (χ1) is 12.9. The molecule has 0 N–H and O–H groups in total. The Bertz CT molecular complexity index is 951. The summed E-state index contributed by atoms with van der Waals surface area (Å²) in [6, 6.07) is 27.4. The predicted molar refractivity (Wildman–Crippen MR) is 111 cm³/mol. The Morgan fingerprint density at radius 3 is 1.85 bits per heavy atom. The first-order valence-corrected chi connectivity index (χ1v) is 9.00. The van der Waals surface area contributed by atoms with Crippen LogP contribution in [0.25, 0.3) is 32.7 Å². The molecule has 4 aromatic rings. The van der Waals surface area contributed by atoms with Crippen LogP contribution in [0.4, 0.5) is 0 Å². The molecule has 0 aliphatic carbocycles. The minimum absolute atomic E-state index is 0.236. The number of hydrogen-bond donors (Lipinski definition) is 0. The van der Waals surface area contributed by atoms with Crippen LogP contribution in [0.3, 0.4) is 0 Å². The third kappa shape index (κ3) is 3.42. The van der Waals surface area contributed by atoms with E-state index in [4.69, 9.17) is 9.47 Å². The zero-order valence-corrected chi connectivity index (χ0v) is 15.5. The summed E-state index contributed by atoms with van der Waals surface area (Å²) < 4.78 is 10.9. The van der Waals surface area contributed by atoms with Crippen molar-refractivity contribution in [2.75, 3.05) is 13.9 Å². The van der Waals surface area contributed by atoms with E-state index in [1.54, 1.807) is 7.11 Å². The van der Waals surface area contributed by atoms with E-state index in [0.717, 1.165) is 11.3 Å². The van der Waals surface area contributed by atoms with Gasteiger partial charge in [0.2, 0.25) is 0 Å². The molecule has 0 amide bonds. The number of hydrogen-bond acceptors (Lipinski definition) is 2. The average molecular weight is 344 g/mol. The van der Waals surface area contributed by atoms with Crippen molar-refractivity contribution in [1.82, 2.24) is 0 Å². The minimum atomic E-state index is 0.236. The van der Waals surface area contributed by atoms with Crippen LogP contribution in [0.2, 0.25) is 0 Å². The van der Waals surface area contributed by atoms with Gasteiger partial charge in [-0.3, -0.25) is 0 Å². The van der Waals surface area contributed by atoms with Crippen LogP contribution in [0.15, 0.2) is 78.9 Å². The fourth-order valence-electron chi connectivity index (χ4n) is 3.23. The minimum Gasteiger partial charge on any atom is -0.467 e. The van der Waals surface area contributed by atoms with Crippen LogP contribution in [-0.2, 0) is 4.74 Å². The van der Waals surface area contributed by atoms with Gasteiger partial charge in [-0.05, 0) is 33.7 Å². The lowest BCUT2D eigenvalue weighted by atomic mass is 9.91. The molecular formula is C24H24O2. The summed E-state index contributed by atoms with van der Waals surface area (Å²) in [4.78, 5) is 0. The maximum atomic E-state index is 5.82. The second-order valence-corrected chi connectivity index (χ2v) is 5.74. The van der Waals surface area contributed by atoms with E-state index < -0.39 is 0 Å². The van der Waals surface area contributed by atoms with Crippen molar-refractivity contribution in [3.63, 3.8) is 0 Å². The van der Waals surface area contributed by atoms with Gasteiger partial charge in [0.15, 0.2) is 6.79 Å². The molecule has 0 radical (unpaired) electrons. The number of rotatable bonds is 4. The van der Waals surface area contributed by atoms with Crippen LogP contribution in [0.5, 0.6) is 5.75 Å². The van der Waals surface area contributed by atoms with E-state index in [1.807, 2.05) is 32.0 Å². The zero-order valence-electron chi connectivity index (χ0n) is 15.5. The van der Waals surface area contributed by atoms with E-state index in [9.17, 15) is 0 Å². The van der Waals surface area contributed by atoms with Gasteiger partial charge in [-0.25, -0.2) is 0 Å². The van der Waals surface area contributed by atoms with Crippen molar-refractivity contribution >= 4 is 21.5 Å². The number of fused-ring (bicyclic) bond motifs is 2. The Morgan fingerprint density at radius 1 is 0.692 bits per heavy atom. The molecule has 0 saturated carbocycles. The fraction of sp³-hybridized carbons (Fsp3) is 0.167. The Morgan fingerprint density at radius 2 is 1.23 bits per heavy atom. The highest BCUT2D eigenvalue weighted by Gasteiger charge is 2.13. The fourth-order valence-corrected chi connectivity index (χ4v) is 3.23. The van der Waals surface area contributed by atoms with Crippen molar-refractivity contribution in [1.29, 1.82) is 0 Å². The van der Waals surface area contributed by atoms with Crippen molar-refractivity contribution in [2.24, 2.45) is 0 Å². The maximum Gasteiger partial charge on any atom is 0.188 e. The van der Waals surface area contributed by atoms with Gasteiger partial charge in [0.1, 0.15) is 5.75 Å². The summed E-state index contributed by atoms with van der Waals surface area (Å²) in [5.41, 5.74) is 2.29. The van der Waals surface area contributed by atoms with Crippen LogP contribution in [-0.4, -0.2) is 13.9 Å². The third-order valence-electron chi connectivity index (χ3n) is 4.26. The van der Waals surface area contributed by atoms with Gasteiger partial charge in [-0.2, -0.15) is 0 Å². The number of para-hydroxylation sites is 1. The van der Waals surface area contributed by atoms with Gasteiger partial charge in [-0.15, -0.1) is 0 Å². The Kier molecular flexibility index (Phi) is 5.88. The Hall–Kier alpha value is -2.84. The van der Waals surface area contributed by atoms with E-state index in [0.29, 0.717) is 0 Å². The first kappa shape index (κ1) is 18.0. The van der Waals surface area contributed by atoms with Gasteiger partial charge in [0, 0.05) is 18.2 Å². The molecule has 0 bridgehead atoms. The number of methoxy groups -OCH3 is 1. The summed E-state index contributed by atoms with van der Waals surface area (Å²) in [7, 11) is 1.63. The van der Waals surface area contributed by atoms with Crippen molar-refractivity contribution in [2.45, 2.75) is 13.8 Å². The molecule has 2 nitrogen and oxygen atoms in total. The molecule has 0 aliphatic heterocycles. The van der Waals surface area contributed by atoms with Gasteiger partial charge in [0.05, 0.1) is 0 Å². The normalized spacial score (nSPS) is 10.4. The SMILES string of the molecule is CC.COCOc1ccccc1-c1c2ccccc2cc2ccccc12. The molecule has 132 valence electrons. The first-order valence-electron chi connectivity index (χ1n) is 9.00. The second-order valence-electron chi connectivity index (χ2n) is 5.74. The van der Waals surface area contributed by atoms with E-state index in [1.165, 1.54) is 27.1 Å². The molecule has 0 spiro atoms. The van der Waals surface area contributed by atoms with Crippen molar-refractivity contribution in [3.05, 3.63) is 78.9 Å². The summed E-state index contributed by atoms with van der Waals surface area (Å²) >= 11 is 0. The Balaban J connectivity index is 0.000000948. The monoisotopic (exact) mass is 344 g/mol. The average Bonchev–Trinajstić information content (AvgIpc) is 2.72. The molecule has 0 aromatic heterocycles. The van der Waals surface area contributed by atoms with Gasteiger partial charge in [0.25, 0.3) is 0 Å². The molecule has 0 heterocycles. The molecule has 4 aromatic carbocycles. The van der Waals surface area contributed by atoms with Gasteiger partial charge in [-0.1, -0.05) is 80.6 Å². The second kappa shape index (κ2) is 8.50. The zero-order chi connectivity index (χ0) is 18.4. The summed E-state index contributed by atoms with van der Waals surface area (Å²) in [6.45, 7) is 4.24. The highest BCUT2D eigenvalue weighted by Crippen LogP contribution is 2.40. The lowest BCUT2D eigenvalue weighted by Gasteiger charge is -2.15. The summed E-state index contributed by atoms with van der Waals surface area (Å²) in [5, 5.41) is 4.91. The largest absolute Gasteiger partial charge is 0.467 e. The molecule has 2 heteroatoms. The molecular weight excluding hydrogens is 320 g/mol. The lowest BCUT2D eigenvalue weighted by Crippen LogP contribution is -2.00. The van der Waals surface area contributed by atoms with Crippen LogP contribution >= 0.6 is 0 Å². The highest BCUT2D eigenvalue weighted by atomic mass is 16.7. The van der Waals surface area contributed by atoms with E-state index >= 15 is 0 Å². The molecule has 0 aliphatic rings. The highest BCUT2D eigenvalue weighted by molar-refractivity contribution is 6.13. The predicted octanol–water partition coefficient (Wildman–Crippen LogP) is 6.67. The van der Waals surface area contributed by atoms with Crippen molar-refractivity contribution in [3.8, 4) is 16.9 Å². The molecule has 0 fully saturated rings. The Labute approximate surface area is 155 Å². The summed E-state index contributed by atoms with van der Waals surface area (Å²) in [5.74, 6) is 0.834.